The van der Waals surface area contributed by atoms with E-state index in [2.05, 4.69) is 5.32 Å². The zero-order valence-electron chi connectivity index (χ0n) is 11.0. The zero-order chi connectivity index (χ0) is 14.3. The van der Waals surface area contributed by atoms with Gasteiger partial charge in [-0.2, -0.15) is 0 Å². The molecule has 5 heteroatoms. The number of hydrogen-bond acceptors (Lipinski definition) is 3. The van der Waals surface area contributed by atoms with Crippen molar-refractivity contribution in [1.82, 2.24) is 5.32 Å². The Kier molecular flexibility index (Phi) is 6.02. The maximum atomic E-state index is 11.9. The van der Waals surface area contributed by atoms with Crippen LogP contribution >= 0.6 is 0 Å². The summed E-state index contributed by atoms with van der Waals surface area (Å²) in [6.45, 7) is 1.94. The summed E-state index contributed by atoms with van der Waals surface area (Å²) >= 11 is 0. The molecule has 104 valence electrons. The molecule has 0 aliphatic rings. The predicted molar refractivity (Wildman–Crippen MR) is 72.5 cm³/mol. The lowest BCUT2D eigenvalue weighted by molar-refractivity contribution is -0.137. The fourth-order valence-corrected chi connectivity index (χ4v) is 1.83. The number of amides is 1. The van der Waals surface area contributed by atoms with Crippen LogP contribution < -0.4 is 11.1 Å². The Balaban J connectivity index is 2.76. The SMILES string of the molecule is CCC[C@H](N)C(=O)NC(CC(=O)O)c1ccccc1. The Bertz CT molecular complexity index is 420. The van der Waals surface area contributed by atoms with Crippen LogP contribution in [0.2, 0.25) is 0 Å². The molecule has 0 aliphatic heterocycles. The number of carbonyl (C=O) groups is 2. The Hall–Kier alpha value is -1.88. The first-order chi connectivity index (χ1) is 9.04. The summed E-state index contributed by atoms with van der Waals surface area (Å²) in [5.41, 5.74) is 6.49. The summed E-state index contributed by atoms with van der Waals surface area (Å²) < 4.78 is 0. The number of carbonyl (C=O) groups excluding carboxylic acids is 1. The minimum Gasteiger partial charge on any atom is -0.481 e. The molecule has 0 radical (unpaired) electrons. The molecular formula is C14H20N2O3. The minimum absolute atomic E-state index is 0.158. The van der Waals surface area contributed by atoms with Crippen LogP contribution in [0.5, 0.6) is 0 Å². The van der Waals surface area contributed by atoms with Crippen molar-refractivity contribution in [1.29, 1.82) is 0 Å². The van der Waals surface area contributed by atoms with Crippen molar-refractivity contribution in [2.75, 3.05) is 0 Å². The number of hydrogen-bond donors (Lipinski definition) is 3. The van der Waals surface area contributed by atoms with Gasteiger partial charge in [0.25, 0.3) is 0 Å². The summed E-state index contributed by atoms with van der Waals surface area (Å²) in [4.78, 5) is 22.7. The number of benzene rings is 1. The summed E-state index contributed by atoms with van der Waals surface area (Å²) in [6, 6.07) is 7.90. The summed E-state index contributed by atoms with van der Waals surface area (Å²) in [5.74, 6) is -1.27. The fourth-order valence-electron chi connectivity index (χ4n) is 1.83. The lowest BCUT2D eigenvalue weighted by Crippen LogP contribution is -2.42. The largest absolute Gasteiger partial charge is 0.481 e. The average molecular weight is 264 g/mol. The van der Waals surface area contributed by atoms with Gasteiger partial charge in [0.15, 0.2) is 0 Å². The molecule has 1 aromatic rings. The van der Waals surface area contributed by atoms with Crippen LogP contribution in [0.25, 0.3) is 0 Å². The third-order valence-corrected chi connectivity index (χ3v) is 2.83. The van der Waals surface area contributed by atoms with Gasteiger partial charge in [0.1, 0.15) is 0 Å². The molecule has 0 aliphatic carbocycles. The summed E-state index contributed by atoms with van der Waals surface area (Å²) in [6.07, 6.45) is 1.23. The second-order valence-electron chi connectivity index (χ2n) is 4.46. The molecular weight excluding hydrogens is 244 g/mol. The average Bonchev–Trinajstić information content (AvgIpc) is 2.38. The smallest absolute Gasteiger partial charge is 0.305 e. The fraction of sp³-hybridized carbons (Fsp3) is 0.429. The van der Waals surface area contributed by atoms with E-state index in [0.717, 1.165) is 12.0 Å². The van der Waals surface area contributed by atoms with Crippen molar-refractivity contribution in [3.63, 3.8) is 0 Å². The van der Waals surface area contributed by atoms with E-state index in [0.29, 0.717) is 6.42 Å². The maximum absolute atomic E-state index is 11.9. The first-order valence-corrected chi connectivity index (χ1v) is 6.37. The van der Waals surface area contributed by atoms with Crippen molar-refractivity contribution in [3.8, 4) is 0 Å². The second-order valence-corrected chi connectivity index (χ2v) is 4.46. The third-order valence-electron chi connectivity index (χ3n) is 2.83. The molecule has 0 heterocycles. The molecule has 1 amide bonds. The van der Waals surface area contributed by atoms with Gasteiger partial charge < -0.3 is 16.2 Å². The van der Waals surface area contributed by atoms with E-state index >= 15 is 0 Å². The van der Waals surface area contributed by atoms with Crippen LogP contribution in [-0.4, -0.2) is 23.0 Å². The van der Waals surface area contributed by atoms with E-state index in [1.165, 1.54) is 0 Å². The van der Waals surface area contributed by atoms with E-state index in [4.69, 9.17) is 10.8 Å². The van der Waals surface area contributed by atoms with Crippen LogP contribution in [0.4, 0.5) is 0 Å². The van der Waals surface area contributed by atoms with E-state index < -0.39 is 18.1 Å². The molecule has 19 heavy (non-hydrogen) atoms. The topological polar surface area (TPSA) is 92.4 Å². The van der Waals surface area contributed by atoms with Gasteiger partial charge >= 0.3 is 5.97 Å². The quantitative estimate of drug-likeness (QED) is 0.695. The molecule has 2 atom stereocenters. The van der Waals surface area contributed by atoms with E-state index in [-0.39, 0.29) is 12.3 Å². The molecule has 0 bridgehead atoms. The first-order valence-electron chi connectivity index (χ1n) is 6.37. The normalized spacial score (nSPS) is 13.6. The van der Waals surface area contributed by atoms with Crippen molar-refractivity contribution >= 4 is 11.9 Å². The highest BCUT2D eigenvalue weighted by Gasteiger charge is 2.20. The van der Waals surface area contributed by atoms with Crippen LogP contribution in [0.3, 0.4) is 0 Å². The Morgan fingerprint density at radius 3 is 2.47 bits per heavy atom. The molecule has 0 saturated carbocycles. The van der Waals surface area contributed by atoms with Crippen molar-refractivity contribution in [2.45, 2.75) is 38.3 Å². The molecule has 1 aromatic carbocycles. The van der Waals surface area contributed by atoms with Gasteiger partial charge in [-0.15, -0.1) is 0 Å². The lowest BCUT2D eigenvalue weighted by atomic mass is 10.0. The monoisotopic (exact) mass is 264 g/mol. The molecule has 0 fully saturated rings. The maximum Gasteiger partial charge on any atom is 0.305 e. The summed E-state index contributed by atoms with van der Waals surface area (Å²) in [5, 5.41) is 11.6. The van der Waals surface area contributed by atoms with Gasteiger partial charge in [-0.05, 0) is 12.0 Å². The molecule has 1 unspecified atom stereocenters. The van der Waals surface area contributed by atoms with E-state index in [1.807, 2.05) is 25.1 Å². The standard InChI is InChI=1S/C14H20N2O3/c1-2-6-11(15)14(19)16-12(9-13(17)18)10-7-4-3-5-8-10/h3-5,7-8,11-12H,2,6,9,15H2,1H3,(H,16,19)(H,17,18)/t11-,12?/m0/s1. The third kappa shape index (κ3) is 5.09. The van der Waals surface area contributed by atoms with Crippen molar-refractivity contribution in [3.05, 3.63) is 35.9 Å². The Labute approximate surface area is 112 Å². The first kappa shape index (κ1) is 15.2. The number of aliphatic carboxylic acids is 1. The minimum atomic E-state index is -0.960. The number of carboxylic acid groups (broad SMARTS) is 1. The number of rotatable bonds is 7. The summed E-state index contributed by atoms with van der Waals surface area (Å²) in [7, 11) is 0. The van der Waals surface area contributed by atoms with Gasteiger partial charge in [-0.3, -0.25) is 9.59 Å². The van der Waals surface area contributed by atoms with Gasteiger partial charge in [-0.1, -0.05) is 43.7 Å². The highest BCUT2D eigenvalue weighted by molar-refractivity contribution is 5.82. The van der Waals surface area contributed by atoms with Crippen LogP contribution in [0.1, 0.15) is 37.8 Å². The van der Waals surface area contributed by atoms with Crippen LogP contribution in [0, 0.1) is 0 Å². The predicted octanol–water partition coefficient (Wildman–Crippen LogP) is 1.45. The van der Waals surface area contributed by atoms with Crippen molar-refractivity contribution in [2.24, 2.45) is 5.73 Å². The highest BCUT2D eigenvalue weighted by atomic mass is 16.4. The number of carboxylic acids is 1. The molecule has 4 N–H and O–H groups in total. The van der Waals surface area contributed by atoms with E-state index in [1.54, 1.807) is 12.1 Å². The van der Waals surface area contributed by atoms with Gasteiger partial charge in [0, 0.05) is 0 Å². The van der Waals surface area contributed by atoms with Gasteiger partial charge in [0.2, 0.25) is 5.91 Å². The lowest BCUT2D eigenvalue weighted by Gasteiger charge is -2.20. The molecule has 0 aromatic heterocycles. The zero-order valence-corrected chi connectivity index (χ0v) is 11.0. The Morgan fingerprint density at radius 1 is 1.32 bits per heavy atom. The number of nitrogens with two attached hydrogens (primary N) is 1. The van der Waals surface area contributed by atoms with Crippen molar-refractivity contribution < 1.29 is 14.7 Å². The van der Waals surface area contributed by atoms with Crippen LogP contribution in [-0.2, 0) is 9.59 Å². The molecule has 1 rings (SSSR count). The van der Waals surface area contributed by atoms with Gasteiger partial charge in [0.05, 0.1) is 18.5 Å². The highest BCUT2D eigenvalue weighted by Crippen LogP contribution is 2.16. The van der Waals surface area contributed by atoms with E-state index in [9.17, 15) is 9.59 Å². The number of nitrogens with one attached hydrogen (secondary N) is 1. The molecule has 0 spiro atoms. The van der Waals surface area contributed by atoms with Gasteiger partial charge in [-0.25, -0.2) is 0 Å². The molecule has 5 nitrogen and oxygen atoms in total. The molecule has 0 saturated heterocycles. The second kappa shape index (κ2) is 7.53. The van der Waals surface area contributed by atoms with Crippen LogP contribution in [0.15, 0.2) is 30.3 Å². The Morgan fingerprint density at radius 2 is 1.95 bits per heavy atom.